The lowest BCUT2D eigenvalue weighted by Crippen LogP contribution is -2.21. The van der Waals surface area contributed by atoms with Gasteiger partial charge in [-0.1, -0.05) is 93.3 Å². The Morgan fingerprint density at radius 2 is 0.845 bits per heavy atom. The number of nitriles is 2. The largest absolute Gasteiger partial charge is 0.482 e. The molecule has 438 valence electrons. The summed E-state index contributed by atoms with van der Waals surface area (Å²) < 4.78 is 9.79. The molecule has 7 rings (SSSR count). The van der Waals surface area contributed by atoms with Crippen LogP contribution in [0, 0.1) is 32.8 Å². The van der Waals surface area contributed by atoms with E-state index in [9.17, 15) is 38.9 Å². The number of nitrogens with one attached hydrogen (secondary N) is 5. The predicted octanol–water partition coefficient (Wildman–Crippen LogP) is 9.88. The fraction of sp³-hybridized carbons (Fsp3) is 0.118. The summed E-state index contributed by atoms with van der Waals surface area (Å²) in [4.78, 5) is 94.2. The number of carbonyl (C=O) groups is 6. The van der Waals surface area contributed by atoms with Gasteiger partial charge in [0.2, 0.25) is 5.91 Å². The number of hydrogen-bond donors (Lipinski definition) is 7. The number of nitro benzene ring substituents is 1. The van der Waals surface area contributed by atoms with Gasteiger partial charge in [-0.15, -0.1) is 11.6 Å². The number of aliphatic hydroxyl groups is 2. The molecule has 84 heavy (non-hydrogen) atoms. The molecule has 0 spiro atoms. The minimum Gasteiger partial charge on any atom is -0.482 e. The van der Waals surface area contributed by atoms with Gasteiger partial charge in [-0.05, 0) is 78.9 Å². The molecule has 0 unspecified atom stereocenters. The Labute approximate surface area is 516 Å². The Morgan fingerprint density at radius 3 is 1.14 bits per heavy atom. The maximum Gasteiger partial charge on any atom is 0.303 e. The van der Waals surface area contributed by atoms with Crippen LogP contribution in [-0.4, -0.2) is 108 Å². The molecular formula is C51H41Cl8N13O12. The summed E-state index contributed by atoms with van der Waals surface area (Å²) in [6, 6.07) is 28.3. The zero-order valence-electron chi connectivity index (χ0n) is 42.7. The van der Waals surface area contributed by atoms with Crippen molar-refractivity contribution in [2.75, 3.05) is 58.9 Å². The van der Waals surface area contributed by atoms with Crippen molar-refractivity contribution in [1.29, 1.82) is 10.5 Å². The van der Waals surface area contributed by atoms with Crippen molar-refractivity contribution >= 4 is 163 Å². The van der Waals surface area contributed by atoms with Crippen LogP contribution in [0.2, 0.25) is 35.2 Å². The van der Waals surface area contributed by atoms with Gasteiger partial charge in [-0.25, -0.2) is 24.9 Å². The number of nitrogens with zero attached hydrogens (tertiary/aromatic N) is 8. The lowest BCUT2D eigenvalue weighted by atomic mass is 10.2. The first-order chi connectivity index (χ1) is 40.0. The van der Waals surface area contributed by atoms with E-state index in [2.05, 4.69) is 56.2 Å². The summed E-state index contributed by atoms with van der Waals surface area (Å²) in [5.74, 6) is -0.545. The number of amides is 5. The molecule has 33 heteroatoms. The van der Waals surface area contributed by atoms with Crippen LogP contribution < -0.4 is 31.3 Å². The lowest BCUT2D eigenvalue weighted by molar-refractivity contribution is -0.385. The van der Waals surface area contributed by atoms with Gasteiger partial charge >= 0.3 is 5.97 Å². The van der Waals surface area contributed by atoms with Gasteiger partial charge in [0, 0.05) is 44.0 Å². The minimum atomic E-state index is -0.634. The molecule has 0 saturated carbocycles. The second kappa shape index (κ2) is 39.8. The highest BCUT2D eigenvalue weighted by atomic mass is 35.5. The summed E-state index contributed by atoms with van der Waals surface area (Å²) in [6.45, 7) is -0.457. The minimum absolute atomic E-state index is 0.0791. The van der Waals surface area contributed by atoms with Crippen molar-refractivity contribution in [1.82, 2.24) is 24.9 Å². The van der Waals surface area contributed by atoms with E-state index in [1.807, 2.05) is 6.07 Å². The number of aromatic nitrogens is 5. The first kappa shape index (κ1) is 71.5. The van der Waals surface area contributed by atoms with Crippen molar-refractivity contribution in [3.63, 3.8) is 0 Å². The summed E-state index contributed by atoms with van der Waals surface area (Å²) in [5, 5.41) is 59.6. The van der Waals surface area contributed by atoms with Gasteiger partial charge in [-0.3, -0.25) is 38.9 Å². The van der Waals surface area contributed by atoms with Crippen LogP contribution in [0.25, 0.3) is 0 Å². The van der Waals surface area contributed by atoms with Gasteiger partial charge in [-0.2, -0.15) is 10.5 Å². The second-order valence-electron chi connectivity index (χ2n) is 14.8. The highest BCUT2D eigenvalue weighted by Crippen LogP contribution is 2.26. The molecule has 0 aliphatic rings. The smallest absolute Gasteiger partial charge is 0.303 e. The molecule has 5 amide bonds. The highest BCUT2D eigenvalue weighted by molar-refractivity contribution is 6.33. The number of hydrogen-bond acceptors (Lipinski definition) is 19. The zero-order valence-corrected chi connectivity index (χ0v) is 48.8. The number of halogens is 8. The van der Waals surface area contributed by atoms with Crippen molar-refractivity contribution in [3.05, 3.63) is 184 Å². The number of carbonyl (C=O) groups excluding carboxylic acids is 6. The number of aliphatic hydroxyl groups excluding tert-OH is 2. The van der Waals surface area contributed by atoms with Crippen molar-refractivity contribution in [2.24, 2.45) is 0 Å². The molecule has 0 radical (unpaired) electrons. The SMILES string of the molecule is CC(=O)OCC(=O)Nc1ccc(Cl)cn1.N#Cc1c(Cl)cccc1OCC(=O)Nc1ccc(Cl)cn1.N#Cc1c(Cl)cccc1[N+](=O)[O-].O=C(CCl)Nc1ccc(Cl)cn1.O=C(CO)Nc1ccc(Cl)cn1.O=C(CO)Nc1ccc(Cl)cn1. The topological polar surface area (TPSA) is 377 Å². The van der Waals surface area contributed by atoms with Crippen LogP contribution in [0.5, 0.6) is 5.75 Å². The van der Waals surface area contributed by atoms with Crippen LogP contribution in [0.3, 0.4) is 0 Å². The molecule has 0 aliphatic heterocycles. The van der Waals surface area contributed by atoms with E-state index in [0.717, 1.165) is 0 Å². The molecule has 0 aliphatic carbocycles. The third-order valence-corrected chi connectivity index (χ3v) is 10.5. The maximum atomic E-state index is 11.7. The molecule has 0 atom stereocenters. The number of anilines is 5. The third-order valence-electron chi connectivity index (χ3n) is 8.54. The van der Waals surface area contributed by atoms with Crippen molar-refractivity contribution in [2.45, 2.75) is 6.92 Å². The second-order valence-corrected chi connectivity index (χ2v) is 18.1. The van der Waals surface area contributed by atoms with Crippen LogP contribution >= 0.6 is 92.8 Å². The van der Waals surface area contributed by atoms with E-state index >= 15 is 0 Å². The van der Waals surface area contributed by atoms with Crippen LogP contribution in [0.4, 0.5) is 34.8 Å². The molecule has 7 aromatic rings. The first-order valence-electron chi connectivity index (χ1n) is 22.6. The molecule has 0 bridgehead atoms. The van der Waals surface area contributed by atoms with Crippen LogP contribution in [0.1, 0.15) is 18.1 Å². The van der Waals surface area contributed by atoms with E-state index in [1.54, 1.807) is 84.9 Å². The Hall–Kier alpha value is -8.57. The number of pyridine rings is 5. The molecule has 2 aromatic carbocycles. The molecule has 5 heterocycles. The zero-order chi connectivity index (χ0) is 62.6. The van der Waals surface area contributed by atoms with Crippen molar-refractivity contribution in [3.8, 4) is 17.9 Å². The summed E-state index contributed by atoms with van der Waals surface area (Å²) >= 11 is 44.7. The van der Waals surface area contributed by atoms with Gasteiger partial charge in [0.05, 0.1) is 40.1 Å². The number of rotatable bonds is 14. The molecule has 7 N–H and O–H groups in total. The first-order valence-corrected chi connectivity index (χ1v) is 25.8. The average molecular weight is 1310 g/mol. The van der Waals surface area contributed by atoms with Gasteiger partial charge in [0.15, 0.2) is 13.2 Å². The molecule has 5 aromatic heterocycles. The van der Waals surface area contributed by atoms with Crippen LogP contribution in [-0.2, 0) is 33.5 Å². The summed E-state index contributed by atoms with van der Waals surface area (Å²) in [7, 11) is 0. The fourth-order valence-electron chi connectivity index (χ4n) is 4.97. The molecule has 25 nitrogen and oxygen atoms in total. The van der Waals surface area contributed by atoms with Crippen molar-refractivity contribution < 1.29 is 53.4 Å². The van der Waals surface area contributed by atoms with E-state index in [4.69, 9.17) is 118 Å². The molecule has 0 saturated heterocycles. The number of benzene rings is 2. The van der Waals surface area contributed by atoms with E-state index < -0.39 is 47.7 Å². The predicted molar refractivity (Wildman–Crippen MR) is 315 cm³/mol. The summed E-state index contributed by atoms with van der Waals surface area (Å²) in [6.07, 6.45) is 7.10. The quantitative estimate of drug-likeness (QED) is 0.0230. The van der Waals surface area contributed by atoms with Crippen LogP contribution in [0.15, 0.2) is 128 Å². The monoisotopic (exact) mass is 1310 g/mol. The standard InChI is InChI=1S/C14H9Cl2N3O2.C9H9ClN2O3.C7H6Cl2N2O.2C7H7ClN2O2.C7H3ClN2O2/c15-9-4-5-13(18-7-9)19-14(20)8-21-12-3-1-2-11(16)10(12)6-17;1-6(13)15-5-9(14)12-8-3-2-7(10)4-11-8;8-3-7(12)11-6-2-1-5(9)4-10-6;2*8-5-1-2-6(9-3-5)10-7(12)4-11;8-6-2-1-3-7(10(11)12)5(6)4-9/h1-5,7H,8H2,(H,18,19,20);2-4H,5H2,1H3,(H,11,12,14);1-2,4H,3H2,(H,10,11,12);2*1-3,11H,4H2,(H,9,10,12);1-3H. The number of ether oxygens (including phenoxy) is 2. The lowest BCUT2D eigenvalue weighted by Gasteiger charge is -2.08. The average Bonchev–Trinajstić information content (AvgIpc) is 3.69. The third kappa shape index (κ3) is 29.9. The molecular weight excluding hydrogens is 1270 g/mol. The highest BCUT2D eigenvalue weighted by Gasteiger charge is 2.16. The Balaban J connectivity index is 0.000000349. The van der Waals surface area contributed by atoms with E-state index in [1.165, 1.54) is 56.1 Å². The number of alkyl halides is 1. The number of esters is 1. The number of nitro groups is 1. The Bertz CT molecular complexity index is 3240. The maximum absolute atomic E-state index is 11.7. The van der Waals surface area contributed by atoms with Gasteiger partial charge < -0.3 is 46.3 Å². The Kier molecular flexibility index (Phi) is 33.9. The van der Waals surface area contributed by atoms with Gasteiger partial charge in [0.1, 0.15) is 77.2 Å². The van der Waals surface area contributed by atoms with E-state index in [-0.39, 0.29) is 57.6 Å². The summed E-state index contributed by atoms with van der Waals surface area (Å²) in [5.41, 5.74) is -0.161. The Morgan fingerprint density at radius 1 is 0.512 bits per heavy atom. The van der Waals surface area contributed by atoms with E-state index in [0.29, 0.717) is 54.2 Å². The normalized spacial score (nSPS) is 9.49. The fourth-order valence-corrected chi connectivity index (χ4v) is 6.01. The van der Waals surface area contributed by atoms with Gasteiger partial charge in [0.25, 0.3) is 29.3 Å². The molecule has 0 fully saturated rings.